The van der Waals surface area contributed by atoms with Crippen molar-refractivity contribution in [1.29, 1.82) is 0 Å². The maximum absolute atomic E-state index is 11.5. The fourth-order valence-corrected chi connectivity index (χ4v) is 3.99. The topological polar surface area (TPSA) is 127 Å². The third kappa shape index (κ3) is 10.8. The molecule has 0 saturated heterocycles. The number of nitrogens with zero attached hydrogens (tertiary/aromatic N) is 3. The maximum atomic E-state index is 11.5. The summed E-state index contributed by atoms with van der Waals surface area (Å²) in [6.45, 7) is 2.74. The van der Waals surface area contributed by atoms with Crippen LogP contribution in [0.5, 0.6) is 0 Å². The van der Waals surface area contributed by atoms with Gasteiger partial charge in [0.15, 0.2) is 0 Å². The number of hydrogen-bond acceptors (Lipinski definition) is 7. The number of aromatic nitrogens is 1. The standard InChI is InChI=1S/C12H23IN4O3S.C6H6BrN/c13-21-6-5-20-8-17(15)11(16-14)7-10(12(18)19)9-3-1-2-4-9;1-5-2-3-6(7)8-4-5/h9-10H,1-8,14-15H2,(H,18,19);2-4H,1H3/b16-11-;. The molecule has 29 heavy (non-hydrogen) atoms. The number of aryl methyl sites for hydroxylation is 1. The number of rotatable bonds is 9. The minimum atomic E-state index is -0.807. The van der Waals surface area contributed by atoms with Crippen LogP contribution in [0.2, 0.25) is 0 Å². The Hall–Kier alpha value is -0.630. The molecule has 1 heterocycles. The van der Waals surface area contributed by atoms with Gasteiger partial charge in [-0.25, -0.2) is 10.8 Å². The number of amidine groups is 1. The lowest BCUT2D eigenvalue weighted by atomic mass is 9.88. The SMILES string of the molecule is Cc1ccc(Br)nc1.N/N=C(/CC(C(=O)O)C1CCCC1)N(N)COCCSI. The lowest BCUT2D eigenvalue weighted by Gasteiger charge is -2.24. The number of pyridine rings is 1. The second kappa shape index (κ2) is 15.2. The molecule has 1 aliphatic carbocycles. The highest BCUT2D eigenvalue weighted by molar-refractivity contribution is 14.2. The van der Waals surface area contributed by atoms with Gasteiger partial charge < -0.3 is 15.7 Å². The van der Waals surface area contributed by atoms with Gasteiger partial charge in [0.1, 0.15) is 17.2 Å². The van der Waals surface area contributed by atoms with Crippen LogP contribution in [0.3, 0.4) is 0 Å². The first-order chi connectivity index (χ1) is 13.9. The lowest BCUT2D eigenvalue weighted by Crippen LogP contribution is -2.42. The minimum absolute atomic E-state index is 0.157. The van der Waals surface area contributed by atoms with Gasteiger partial charge in [-0.15, -0.1) is 0 Å². The van der Waals surface area contributed by atoms with Crippen LogP contribution in [0.1, 0.15) is 37.7 Å². The van der Waals surface area contributed by atoms with Crippen molar-refractivity contribution in [1.82, 2.24) is 9.99 Å². The smallest absolute Gasteiger partial charge is 0.307 e. The van der Waals surface area contributed by atoms with E-state index >= 15 is 0 Å². The summed E-state index contributed by atoms with van der Waals surface area (Å²) in [6.07, 6.45) is 6.15. The first-order valence-corrected chi connectivity index (χ1v) is 13.6. The van der Waals surface area contributed by atoms with Gasteiger partial charge in [-0.2, -0.15) is 5.10 Å². The lowest BCUT2D eigenvalue weighted by molar-refractivity contribution is -0.143. The molecule has 0 radical (unpaired) electrons. The molecule has 1 aromatic rings. The number of aliphatic carboxylic acids is 1. The molecule has 0 amide bonds. The number of hydrazine groups is 1. The van der Waals surface area contributed by atoms with Crippen molar-refractivity contribution in [3.63, 3.8) is 0 Å². The number of carboxylic acids is 1. The van der Waals surface area contributed by atoms with Crippen molar-refractivity contribution in [2.24, 2.45) is 28.6 Å². The molecule has 1 aliphatic rings. The van der Waals surface area contributed by atoms with Crippen LogP contribution >= 0.6 is 46.1 Å². The summed E-state index contributed by atoms with van der Waals surface area (Å²) in [5.41, 5.74) is 1.19. The second-order valence-corrected chi connectivity index (χ2v) is 10.0. The van der Waals surface area contributed by atoms with Crippen molar-refractivity contribution >= 4 is 57.9 Å². The van der Waals surface area contributed by atoms with Gasteiger partial charge in [0.25, 0.3) is 0 Å². The van der Waals surface area contributed by atoms with Crippen molar-refractivity contribution in [2.75, 3.05) is 19.1 Å². The van der Waals surface area contributed by atoms with E-state index in [-0.39, 0.29) is 19.1 Å². The molecule has 1 atom stereocenters. The van der Waals surface area contributed by atoms with E-state index in [9.17, 15) is 9.90 Å². The highest BCUT2D eigenvalue weighted by atomic mass is 127. The maximum Gasteiger partial charge on any atom is 0.307 e. The predicted molar refractivity (Wildman–Crippen MR) is 129 cm³/mol. The summed E-state index contributed by atoms with van der Waals surface area (Å²) in [5, 5.41) is 14.4. The molecule has 0 bridgehead atoms. The van der Waals surface area contributed by atoms with Gasteiger partial charge in [-0.3, -0.25) is 9.80 Å². The molecule has 1 aromatic heterocycles. The van der Waals surface area contributed by atoms with E-state index in [0.29, 0.717) is 12.4 Å². The first kappa shape index (κ1) is 26.4. The van der Waals surface area contributed by atoms with Crippen LogP contribution in [-0.2, 0) is 9.53 Å². The molecule has 1 fully saturated rings. The van der Waals surface area contributed by atoms with Crippen molar-refractivity contribution in [3.05, 3.63) is 28.5 Å². The molecule has 0 spiro atoms. The third-order valence-electron chi connectivity index (χ3n) is 4.58. The molecular weight excluding hydrogens is 573 g/mol. The van der Waals surface area contributed by atoms with Gasteiger partial charge in [0.2, 0.25) is 0 Å². The van der Waals surface area contributed by atoms with E-state index in [2.05, 4.69) is 47.2 Å². The molecule has 5 N–H and O–H groups in total. The predicted octanol–water partition coefficient (Wildman–Crippen LogP) is 3.93. The monoisotopic (exact) mass is 601 g/mol. The number of ether oxygens (including phenoxy) is 1. The number of nitrogens with two attached hydrogens (primary N) is 2. The Bertz CT molecular complexity index is 611. The number of carbonyl (C=O) groups is 1. The van der Waals surface area contributed by atoms with Crippen LogP contribution in [0, 0.1) is 18.8 Å². The molecule has 2 rings (SSSR count). The van der Waals surface area contributed by atoms with E-state index in [1.807, 2.05) is 25.3 Å². The number of halogens is 2. The Labute approximate surface area is 196 Å². The van der Waals surface area contributed by atoms with Crippen molar-refractivity contribution in [3.8, 4) is 0 Å². The molecule has 1 unspecified atom stereocenters. The van der Waals surface area contributed by atoms with Crippen molar-refractivity contribution < 1.29 is 14.6 Å². The van der Waals surface area contributed by atoms with E-state index in [4.69, 9.17) is 16.4 Å². The fraction of sp³-hybridized carbons (Fsp3) is 0.611. The van der Waals surface area contributed by atoms with Crippen LogP contribution in [0.25, 0.3) is 0 Å². The molecule has 0 aromatic carbocycles. The van der Waals surface area contributed by atoms with Gasteiger partial charge >= 0.3 is 5.97 Å². The van der Waals surface area contributed by atoms with Crippen LogP contribution < -0.4 is 11.7 Å². The van der Waals surface area contributed by atoms with E-state index in [1.54, 1.807) is 8.93 Å². The Morgan fingerprint density at radius 2 is 2.21 bits per heavy atom. The molecule has 8 nitrogen and oxygen atoms in total. The highest BCUT2D eigenvalue weighted by Crippen LogP contribution is 2.33. The molecular formula is C18H29BrIN5O3S. The zero-order chi connectivity index (χ0) is 21.6. The first-order valence-electron chi connectivity index (χ1n) is 9.30. The summed E-state index contributed by atoms with van der Waals surface area (Å²) in [4.78, 5) is 15.5. The van der Waals surface area contributed by atoms with E-state index < -0.39 is 11.9 Å². The van der Waals surface area contributed by atoms with Gasteiger partial charge in [-0.05, 0) is 74.4 Å². The zero-order valence-corrected chi connectivity index (χ0v) is 21.0. The molecule has 0 aliphatic heterocycles. The summed E-state index contributed by atoms with van der Waals surface area (Å²) in [7, 11) is 1.65. The normalized spacial score (nSPS) is 15.5. The summed E-state index contributed by atoms with van der Waals surface area (Å²) < 4.78 is 6.27. The zero-order valence-electron chi connectivity index (χ0n) is 16.5. The molecule has 1 saturated carbocycles. The Morgan fingerprint density at radius 1 is 1.52 bits per heavy atom. The Morgan fingerprint density at radius 3 is 2.69 bits per heavy atom. The summed E-state index contributed by atoms with van der Waals surface area (Å²) >= 11 is 5.43. The van der Waals surface area contributed by atoms with Gasteiger partial charge in [-0.1, -0.05) is 27.8 Å². The number of hydrogen-bond donors (Lipinski definition) is 3. The Balaban J connectivity index is 0.000000436. The quantitative estimate of drug-likeness (QED) is 0.0568. The average Bonchev–Trinajstić information content (AvgIpc) is 3.23. The largest absolute Gasteiger partial charge is 0.481 e. The summed E-state index contributed by atoms with van der Waals surface area (Å²) in [6, 6.07) is 3.94. The van der Waals surface area contributed by atoms with Crippen LogP contribution in [0.15, 0.2) is 28.0 Å². The van der Waals surface area contributed by atoms with Crippen LogP contribution in [0.4, 0.5) is 0 Å². The summed E-state index contributed by atoms with van der Waals surface area (Å²) in [5.74, 6) is 11.4. The molecule has 164 valence electrons. The fourth-order valence-electron chi connectivity index (χ4n) is 3.03. The molecule has 11 heteroatoms. The van der Waals surface area contributed by atoms with Crippen LogP contribution in [-0.4, -0.2) is 46.0 Å². The minimum Gasteiger partial charge on any atom is -0.481 e. The van der Waals surface area contributed by atoms with E-state index in [0.717, 1.165) is 36.0 Å². The Kier molecular flexibility index (Phi) is 13.9. The van der Waals surface area contributed by atoms with E-state index in [1.165, 1.54) is 10.6 Å². The average molecular weight is 602 g/mol. The third-order valence-corrected chi connectivity index (χ3v) is 6.69. The number of hydrazone groups is 1. The van der Waals surface area contributed by atoms with Gasteiger partial charge in [0, 0.05) is 18.4 Å². The highest BCUT2D eigenvalue weighted by Gasteiger charge is 2.32. The number of carboxylic acid groups (broad SMARTS) is 1. The van der Waals surface area contributed by atoms with Crippen molar-refractivity contribution in [2.45, 2.75) is 39.0 Å². The van der Waals surface area contributed by atoms with Gasteiger partial charge in [0.05, 0.1) is 12.5 Å². The second-order valence-electron chi connectivity index (χ2n) is 6.72.